The van der Waals surface area contributed by atoms with Gasteiger partial charge in [-0.25, -0.2) is 0 Å². The van der Waals surface area contributed by atoms with Crippen LogP contribution in [0.15, 0.2) is 12.1 Å². The van der Waals surface area contributed by atoms with E-state index in [0.29, 0.717) is 19.8 Å². The van der Waals surface area contributed by atoms with Crippen LogP contribution in [0.4, 0.5) is 0 Å². The summed E-state index contributed by atoms with van der Waals surface area (Å²) >= 11 is 7.36. The number of hydrogen-bond acceptors (Lipinski definition) is 4. The van der Waals surface area contributed by atoms with Gasteiger partial charge in [0, 0.05) is 31.7 Å². The lowest BCUT2D eigenvalue weighted by molar-refractivity contribution is 0.0459. The molecule has 0 aliphatic heterocycles. The summed E-state index contributed by atoms with van der Waals surface area (Å²) in [6.07, 6.45) is 0.839. The third kappa shape index (κ3) is 4.49. The van der Waals surface area contributed by atoms with Crippen molar-refractivity contribution in [2.45, 2.75) is 12.5 Å². The molecule has 2 N–H and O–H groups in total. The molecule has 15 heavy (non-hydrogen) atoms. The standard InChI is InChI=1S/C10H16ClNO2S/c1-13-5-2-6-14-8(7-12)9-3-4-10(11)15-9/h3-4,8H,2,5-7,12H2,1H3. The predicted molar refractivity (Wildman–Crippen MR) is 63.6 cm³/mol. The van der Waals surface area contributed by atoms with Gasteiger partial charge < -0.3 is 15.2 Å². The van der Waals surface area contributed by atoms with Crippen molar-refractivity contribution >= 4 is 22.9 Å². The van der Waals surface area contributed by atoms with E-state index in [2.05, 4.69) is 0 Å². The summed E-state index contributed by atoms with van der Waals surface area (Å²) in [6.45, 7) is 1.84. The van der Waals surface area contributed by atoms with Crippen LogP contribution < -0.4 is 5.73 Å². The van der Waals surface area contributed by atoms with E-state index in [9.17, 15) is 0 Å². The molecule has 5 heteroatoms. The smallest absolute Gasteiger partial charge is 0.104 e. The van der Waals surface area contributed by atoms with Gasteiger partial charge in [0.2, 0.25) is 0 Å². The van der Waals surface area contributed by atoms with Crippen LogP contribution >= 0.6 is 22.9 Å². The van der Waals surface area contributed by atoms with Gasteiger partial charge in [-0.15, -0.1) is 11.3 Å². The largest absolute Gasteiger partial charge is 0.385 e. The molecular weight excluding hydrogens is 234 g/mol. The minimum atomic E-state index is -0.0423. The molecule has 1 rings (SSSR count). The molecule has 0 spiro atoms. The molecule has 1 atom stereocenters. The molecule has 86 valence electrons. The molecular formula is C10H16ClNO2S. The molecule has 1 heterocycles. The predicted octanol–water partition coefficient (Wildman–Crippen LogP) is 2.45. The Morgan fingerprint density at radius 1 is 1.47 bits per heavy atom. The van der Waals surface area contributed by atoms with Crippen molar-refractivity contribution in [2.75, 3.05) is 26.9 Å². The summed E-state index contributed by atoms with van der Waals surface area (Å²) < 4.78 is 11.3. The molecule has 0 bridgehead atoms. The summed E-state index contributed by atoms with van der Waals surface area (Å²) in [6, 6.07) is 3.82. The monoisotopic (exact) mass is 249 g/mol. The SMILES string of the molecule is COCCCOC(CN)c1ccc(Cl)s1. The van der Waals surface area contributed by atoms with E-state index < -0.39 is 0 Å². The lowest BCUT2D eigenvalue weighted by Crippen LogP contribution is -2.15. The number of nitrogens with two attached hydrogens (primary N) is 1. The minimum absolute atomic E-state index is 0.0423. The summed E-state index contributed by atoms with van der Waals surface area (Å²) in [5.41, 5.74) is 5.64. The summed E-state index contributed by atoms with van der Waals surface area (Å²) in [5, 5.41) is 0. The van der Waals surface area contributed by atoms with Crippen LogP contribution in [-0.2, 0) is 9.47 Å². The van der Waals surface area contributed by atoms with Crippen molar-refractivity contribution in [2.24, 2.45) is 5.73 Å². The Kier molecular flexibility index (Phi) is 6.20. The Labute approximate surface area is 99.1 Å². The van der Waals surface area contributed by atoms with Gasteiger partial charge in [0.15, 0.2) is 0 Å². The van der Waals surface area contributed by atoms with Crippen LogP contribution in [0.25, 0.3) is 0 Å². The Balaban J connectivity index is 2.35. The van der Waals surface area contributed by atoms with Crippen LogP contribution in [0.3, 0.4) is 0 Å². The number of methoxy groups -OCH3 is 1. The second kappa shape index (κ2) is 7.19. The molecule has 1 unspecified atom stereocenters. The third-order valence-electron chi connectivity index (χ3n) is 1.94. The number of rotatable bonds is 7. The second-order valence-corrected chi connectivity index (χ2v) is 4.83. The molecule has 0 radical (unpaired) electrons. The zero-order chi connectivity index (χ0) is 11.1. The second-order valence-electron chi connectivity index (χ2n) is 3.08. The first-order valence-electron chi connectivity index (χ1n) is 4.83. The average Bonchev–Trinajstić information content (AvgIpc) is 2.65. The fourth-order valence-corrected chi connectivity index (χ4v) is 2.32. The zero-order valence-corrected chi connectivity index (χ0v) is 10.3. The van der Waals surface area contributed by atoms with Gasteiger partial charge in [-0.2, -0.15) is 0 Å². The van der Waals surface area contributed by atoms with Crippen molar-refractivity contribution in [1.82, 2.24) is 0 Å². The molecule has 0 fully saturated rings. The topological polar surface area (TPSA) is 44.5 Å². The summed E-state index contributed by atoms with van der Waals surface area (Å²) in [4.78, 5) is 1.08. The first-order valence-corrected chi connectivity index (χ1v) is 6.03. The highest BCUT2D eigenvalue weighted by atomic mass is 35.5. The first-order chi connectivity index (χ1) is 7.27. The van der Waals surface area contributed by atoms with Gasteiger partial charge >= 0.3 is 0 Å². The van der Waals surface area contributed by atoms with Crippen LogP contribution in [0.5, 0.6) is 0 Å². The van der Waals surface area contributed by atoms with Gasteiger partial charge in [-0.3, -0.25) is 0 Å². The highest BCUT2D eigenvalue weighted by Gasteiger charge is 2.12. The van der Waals surface area contributed by atoms with E-state index in [1.807, 2.05) is 12.1 Å². The Bertz CT molecular complexity index is 280. The van der Waals surface area contributed by atoms with Gasteiger partial charge in [-0.05, 0) is 18.6 Å². The fraction of sp³-hybridized carbons (Fsp3) is 0.600. The van der Waals surface area contributed by atoms with Crippen LogP contribution in [-0.4, -0.2) is 26.9 Å². The molecule has 1 aromatic heterocycles. The Morgan fingerprint density at radius 3 is 2.80 bits per heavy atom. The van der Waals surface area contributed by atoms with E-state index >= 15 is 0 Å². The first kappa shape index (κ1) is 12.9. The van der Waals surface area contributed by atoms with Crippen molar-refractivity contribution in [1.29, 1.82) is 0 Å². The van der Waals surface area contributed by atoms with E-state index in [1.165, 1.54) is 11.3 Å². The number of thiophene rings is 1. The molecule has 0 amide bonds. The number of hydrogen-bond donors (Lipinski definition) is 1. The summed E-state index contributed by atoms with van der Waals surface area (Å²) in [5.74, 6) is 0. The molecule has 0 aliphatic carbocycles. The van der Waals surface area contributed by atoms with E-state index in [-0.39, 0.29) is 6.10 Å². The van der Waals surface area contributed by atoms with Crippen molar-refractivity contribution in [3.63, 3.8) is 0 Å². The molecule has 1 aromatic rings. The maximum absolute atomic E-state index is 5.85. The van der Waals surface area contributed by atoms with Crippen LogP contribution in [0, 0.1) is 0 Å². The highest BCUT2D eigenvalue weighted by Crippen LogP contribution is 2.28. The minimum Gasteiger partial charge on any atom is -0.385 e. The van der Waals surface area contributed by atoms with Gasteiger partial charge in [0.05, 0.1) is 4.34 Å². The maximum Gasteiger partial charge on any atom is 0.104 e. The van der Waals surface area contributed by atoms with E-state index in [1.54, 1.807) is 7.11 Å². The molecule has 0 saturated heterocycles. The van der Waals surface area contributed by atoms with Gasteiger partial charge in [-0.1, -0.05) is 11.6 Å². The number of ether oxygens (including phenoxy) is 2. The zero-order valence-electron chi connectivity index (χ0n) is 8.74. The molecule has 0 aliphatic rings. The number of halogens is 1. The lowest BCUT2D eigenvalue weighted by Gasteiger charge is -2.13. The van der Waals surface area contributed by atoms with Crippen molar-refractivity contribution in [3.05, 3.63) is 21.3 Å². The van der Waals surface area contributed by atoms with Gasteiger partial charge in [0.25, 0.3) is 0 Å². The quantitative estimate of drug-likeness (QED) is 0.755. The van der Waals surface area contributed by atoms with Gasteiger partial charge in [0.1, 0.15) is 6.10 Å². The van der Waals surface area contributed by atoms with Crippen molar-refractivity contribution < 1.29 is 9.47 Å². The highest BCUT2D eigenvalue weighted by molar-refractivity contribution is 7.16. The Morgan fingerprint density at radius 2 is 2.27 bits per heavy atom. The third-order valence-corrected chi connectivity index (χ3v) is 3.26. The maximum atomic E-state index is 5.85. The van der Waals surface area contributed by atoms with Crippen molar-refractivity contribution in [3.8, 4) is 0 Å². The normalized spacial score (nSPS) is 13.0. The van der Waals surface area contributed by atoms with Crippen LogP contribution in [0.1, 0.15) is 17.4 Å². The lowest BCUT2D eigenvalue weighted by atomic mass is 10.3. The Hall–Kier alpha value is -0.130. The summed E-state index contributed by atoms with van der Waals surface area (Å²) in [7, 11) is 1.68. The van der Waals surface area contributed by atoms with E-state index in [4.69, 9.17) is 26.8 Å². The van der Waals surface area contributed by atoms with E-state index in [0.717, 1.165) is 15.6 Å². The molecule has 0 aromatic carbocycles. The fourth-order valence-electron chi connectivity index (χ4n) is 1.20. The van der Waals surface area contributed by atoms with Crippen LogP contribution in [0.2, 0.25) is 4.34 Å². The molecule has 3 nitrogen and oxygen atoms in total. The average molecular weight is 250 g/mol. The molecule has 0 saturated carbocycles.